The molecule has 0 saturated heterocycles. The number of benzene rings is 2. The van der Waals surface area contributed by atoms with Gasteiger partial charge in [0.2, 0.25) is 0 Å². The van der Waals surface area contributed by atoms with Crippen LogP contribution in [0.3, 0.4) is 0 Å². The van der Waals surface area contributed by atoms with Gasteiger partial charge in [-0.25, -0.2) is 4.39 Å². The quantitative estimate of drug-likeness (QED) is 0.246. The SMILES string of the molecule is C=C(F)/C=C\C(=C)c1cc(OC)ccc1N(CCCN(CC)CC)Sc1ccccc1. The Bertz CT molecular complexity index is 878. The molecule has 0 fully saturated rings. The number of rotatable bonds is 13. The first-order valence-electron chi connectivity index (χ1n) is 10.6. The zero-order valence-corrected chi connectivity index (χ0v) is 19.6. The van der Waals surface area contributed by atoms with Gasteiger partial charge in [-0.15, -0.1) is 0 Å². The molecule has 0 aliphatic carbocycles. The molecule has 31 heavy (non-hydrogen) atoms. The highest BCUT2D eigenvalue weighted by molar-refractivity contribution is 8.00. The third-order valence-electron chi connectivity index (χ3n) is 4.97. The molecule has 0 heterocycles. The minimum atomic E-state index is -0.500. The highest BCUT2D eigenvalue weighted by atomic mass is 32.2. The lowest BCUT2D eigenvalue weighted by Gasteiger charge is -2.28. The maximum Gasteiger partial charge on any atom is 0.119 e. The average Bonchev–Trinajstić information content (AvgIpc) is 2.79. The van der Waals surface area contributed by atoms with E-state index >= 15 is 0 Å². The Labute approximate surface area is 191 Å². The van der Waals surface area contributed by atoms with Gasteiger partial charge >= 0.3 is 0 Å². The third-order valence-corrected chi connectivity index (χ3v) is 6.06. The molecular weight excluding hydrogens is 407 g/mol. The van der Waals surface area contributed by atoms with Crippen LogP contribution in [-0.2, 0) is 0 Å². The molecule has 0 bridgehead atoms. The normalized spacial score (nSPS) is 11.1. The fourth-order valence-electron chi connectivity index (χ4n) is 3.20. The van der Waals surface area contributed by atoms with E-state index in [-0.39, 0.29) is 0 Å². The van der Waals surface area contributed by atoms with E-state index in [0.717, 1.165) is 54.5 Å². The van der Waals surface area contributed by atoms with Crippen molar-refractivity contribution in [1.82, 2.24) is 4.90 Å². The number of nitrogens with zero attached hydrogens (tertiary/aromatic N) is 2. The second-order valence-corrected chi connectivity index (χ2v) is 8.17. The summed E-state index contributed by atoms with van der Waals surface area (Å²) in [5, 5.41) is 0. The van der Waals surface area contributed by atoms with Crippen LogP contribution in [0.4, 0.5) is 10.1 Å². The van der Waals surface area contributed by atoms with E-state index in [4.69, 9.17) is 4.74 Å². The Balaban J connectivity index is 2.37. The Morgan fingerprint density at radius 3 is 2.35 bits per heavy atom. The molecule has 0 aromatic heterocycles. The predicted octanol–water partition coefficient (Wildman–Crippen LogP) is 6.99. The first-order valence-corrected chi connectivity index (χ1v) is 11.4. The topological polar surface area (TPSA) is 15.7 Å². The number of methoxy groups -OCH3 is 1. The number of halogens is 1. The molecule has 0 atom stereocenters. The van der Waals surface area contributed by atoms with Crippen LogP contribution >= 0.6 is 11.9 Å². The van der Waals surface area contributed by atoms with Gasteiger partial charge in [0.1, 0.15) is 11.6 Å². The van der Waals surface area contributed by atoms with Gasteiger partial charge in [-0.2, -0.15) is 0 Å². The summed E-state index contributed by atoms with van der Waals surface area (Å²) in [6.07, 6.45) is 4.01. The van der Waals surface area contributed by atoms with Gasteiger partial charge in [-0.05, 0) is 80.0 Å². The van der Waals surface area contributed by atoms with Crippen LogP contribution in [0.5, 0.6) is 5.75 Å². The van der Waals surface area contributed by atoms with E-state index in [1.54, 1.807) is 25.1 Å². The number of allylic oxidation sites excluding steroid dienone is 4. The summed E-state index contributed by atoms with van der Waals surface area (Å²) < 4.78 is 20.9. The molecule has 3 nitrogen and oxygen atoms in total. The van der Waals surface area contributed by atoms with Gasteiger partial charge in [0, 0.05) is 17.0 Å². The van der Waals surface area contributed by atoms with Crippen molar-refractivity contribution in [2.75, 3.05) is 37.6 Å². The molecule has 5 heteroatoms. The van der Waals surface area contributed by atoms with E-state index < -0.39 is 5.83 Å². The highest BCUT2D eigenvalue weighted by Gasteiger charge is 2.16. The monoisotopic (exact) mass is 440 g/mol. The first kappa shape index (κ1) is 24.8. The van der Waals surface area contributed by atoms with Crippen LogP contribution in [0.25, 0.3) is 5.57 Å². The first-order chi connectivity index (χ1) is 15.0. The zero-order chi connectivity index (χ0) is 22.6. The average molecular weight is 441 g/mol. The molecule has 2 aromatic carbocycles. The maximum absolute atomic E-state index is 13.2. The molecular formula is C26H33FN2OS. The number of ether oxygens (including phenoxy) is 1. The van der Waals surface area contributed by atoms with Crippen LogP contribution in [0.1, 0.15) is 25.8 Å². The van der Waals surface area contributed by atoms with E-state index in [2.05, 4.69) is 48.3 Å². The molecule has 0 aliphatic heterocycles. The Hall–Kier alpha value is -2.50. The van der Waals surface area contributed by atoms with Crippen molar-refractivity contribution < 1.29 is 9.13 Å². The number of anilines is 1. The second-order valence-electron chi connectivity index (χ2n) is 7.08. The Morgan fingerprint density at radius 1 is 1.03 bits per heavy atom. The van der Waals surface area contributed by atoms with Crippen LogP contribution in [0.15, 0.2) is 84.6 Å². The summed E-state index contributed by atoms with van der Waals surface area (Å²) in [6, 6.07) is 16.3. The zero-order valence-electron chi connectivity index (χ0n) is 18.8. The van der Waals surface area contributed by atoms with Crippen LogP contribution in [0, 0.1) is 0 Å². The van der Waals surface area contributed by atoms with Crippen molar-refractivity contribution in [2.24, 2.45) is 0 Å². The minimum Gasteiger partial charge on any atom is -0.497 e. The molecule has 166 valence electrons. The van der Waals surface area contributed by atoms with Crippen molar-refractivity contribution in [1.29, 1.82) is 0 Å². The molecule has 0 aliphatic rings. The van der Waals surface area contributed by atoms with Crippen molar-refractivity contribution in [3.05, 3.63) is 85.2 Å². The van der Waals surface area contributed by atoms with Crippen molar-refractivity contribution in [2.45, 2.75) is 25.2 Å². The van der Waals surface area contributed by atoms with Crippen LogP contribution in [-0.4, -0.2) is 38.2 Å². The fraction of sp³-hybridized carbons (Fsp3) is 0.308. The third kappa shape index (κ3) is 7.93. The summed E-state index contributed by atoms with van der Waals surface area (Å²) in [5.41, 5.74) is 2.63. The van der Waals surface area contributed by atoms with E-state index in [1.165, 1.54) is 6.08 Å². The summed E-state index contributed by atoms with van der Waals surface area (Å²) in [5.74, 6) is 0.237. The van der Waals surface area contributed by atoms with Crippen LogP contribution in [0.2, 0.25) is 0 Å². The van der Waals surface area contributed by atoms with Crippen molar-refractivity contribution in [3.63, 3.8) is 0 Å². The van der Waals surface area contributed by atoms with Gasteiger partial charge in [-0.1, -0.05) is 51.3 Å². The fourth-order valence-corrected chi connectivity index (χ4v) is 4.21. The van der Waals surface area contributed by atoms with E-state index in [9.17, 15) is 4.39 Å². The lowest BCUT2D eigenvalue weighted by atomic mass is 10.0. The standard InChI is InChI=1S/C26H33FN2OS/c1-6-28(7-2)18-11-19-29(31-24-12-9-8-10-13-24)26-17-16-23(30-5)20-25(26)21(3)14-15-22(4)27/h8-10,12-17,20H,3-4,6-7,11,18-19H2,1-2,5H3/b15-14-. The maximum atomic E-state index is 13.2. The van der Waals surface area contributed by atoms with Crippen LogP contribution < -0.4 is 9.04 Å². The molecule has 2 aromatic rings. The smallest absolute Gasteiger partial charge is 0.119 e. The summed E-state index contributed by atoms with van der Waals surface area (Å²) in [6.45, 7) is 15.8. The molecule has 2 rings (SSSR count). The van der Waals surface area contributed by atoms with Gasteiger partial charge in [0.25, 0.3) is 0 Å². The summed E-state index contributed by atoms with van der Waals surface area (Å²) >= 11 is 1.70. The van der Waals surface area contributed by atoms with Crippen molar-refractivity contribution >= 4 is 23.2 Å². The van der Waals surface area contributed by atoms with E-state index in [0.29, 0.717) is 5.57 Å². The molecule has 0 N–H and O–H groups in total. The van der Waals surface area contributed by atoms with Gasteiger partial charge in [0.05, 0.1) is 12.8 Å². The van der Waals surface area contributed by atoms with Gasteiger partial charge in [0.15, 0.2) is 0 Å². The summed E-state index contributed by atoms with van der Waals surface area (Å²) in [4.78, 5) is 3.58. The molecule has 0 saturated carbocycles. The molecule has 0 spiro atoms. The second kappa shape index (κ2) is 13.0. The predicted molar refractivity (Wildman–Crippen MR) is 133 cm³/mol. The lowest BCUT2D eigenvalue weighted by Crippen LogP contribution is -2.27. The number of hydrogen-bond acceptors (Lipinski definition) is 4. The lowest BCUT2D eigenvalue weighted by molar-refractivity contribution is 0.302. The Morgan fingerprint density at radius 2 is 1.74 bits per heavy atom. The van der Waals surface area contributed by atoms with Gasteiger partial charge in [-0.3, -0.25) is 0 Å². The minimum absolute atomic E-state index is 0.500. The summed E-state index contributed by atoms with van der Waals surface area (Å²) in [7, 11) is 1.64. The van der Waals surface area contributed by atoms with E-state index in [1.807, 2.05) is 36.4 Å². The number of hydrogen-bond donors (Lipinski definition) is 0. The molecule has 0 radical (unpaired) electrons. The molecule has 0 unspecified atom stereocenters. The van der Waals surface area contributed by atoms with Gasteiger partial charge < -0.3 is 13.9 Å². The van der Waals surface area contributed by atoms with Crippen molar-refractivity contribution in [3.8, 4) is 5.75 Å². The molecule has 0 amide bonds. The highest BCUT2D eigenvalue weighted by Crippen LogP contribution is 2.37. The Kier molecular flexibility index (Phi) is 10.4. The largest absolute Gasteiger partial charge is 0.497 e.